The molecule has 1 spiro atoms. The van der Waals surface area contributed by atoms with Gasteiger partial charge in [0.05, 0.1) is 11.8 Å². The molecule has 4 unspecified atom stereocenters. The van der Waals surface area contributed by atoms with Gasteiger partial charge in [-0.3, -0.25) is 9.48 Å². The van der Waals surface area contributed by atoms with Crippen molar-refractivity contribution in [1.82, 2.24) is 24.9 Å². The van der Waals surface area contributed by atoms with E-state index in [1.165, 1.54) is 6.42 Å². The molecule has 0 aromatic carbocycles. The zero-order valence-electron chi connectivity index (χ0n) is 14.8. The zero-order valence-corrected chi connectivity index (χ0v) is 14.8. The summed E-state index contributed by atoms with van der Waals surface area (Å²) in [6.45, 7) is 0. The van der Waals surface area contributed by atoms with Crippen LogP contribution in [0.15, 0.2) is 24.7 Å². The van der Waals surface area contributed by atoms with Gasteiger partial charge in [-0.25, -0.2) is 4.68 Å². The van der Waals surface area contributed by atoms with Gasteiger partial charge in [-0.05, 0) is 61.3 Å². The number of fused-ring (bicyclic) bond motifs is 1. The van der Waals surface area contributed by atoms with Crippen LogP contribution in [0.25, 0.3) is 5.82 Å². The second-order valence-corrected chi connectivity index (χ2v) is 8.98. The molecule has 7 heteroatoms. The van der Waals surface area contributed by atoms with E-state index in [2.05, 4.69) is 15.5 Å². The van der Waals surface area contributed by atoms with Crippen LogP contribution in [0.2, 0.25) is 0 Å². The van der Waals surface area contributed by atoms with Gasteiger partial charge >= 0.3 is 0 Å². The van der Waals surface area contributed by atoms with Gasteiger partial charge in [-0.1, -0.05) is 0 Å². The molecule has 6 atom stereocenters. The molecule has 2 aromatic heterocycles. The van der Waals surface area contributed by atoms with Crippen LogP contribution in [-0.2, 0) is 7.05 Å². The lowest BCUT2D eigenvalue weighted by Gasteiger charge is -2.32. The fourth-order valence-electron chi connectivity index (χ4n) is 6.66. The number of amides is 1. The van der Waals surface area contributed by atoms with Gasteiger partial charge in [-0.15, -0.1) is 0 Å². The zero-order chi connectivity index (χ0) is 17.7. The van der Waals surface area contributed by atoms with E-state index in [1.807, 2.05) is 19.3 Å². The number of aliphatic hydroxyl groups is 1. The Bertz CT molecular complexity index is 905. The fourth-order valence-corrected chi connectivity index (χ4v) is 6.66. The van der Waals surface area contributed by atoms with Crippen molar-refractivity contribution in [1.29, 1.82) is 0 Å². The first-order chi connectivity index (χ1) is 12.5. The molecule has 4 aliphatic carbocycles. The number of aryl methyl sites for hydroxylation is 1. The Kier molecular flexibility index (Phi) is 2.63. The van der Waals surface area contributed by atoms with Crippen LogP contribution in [0.1, 0.15) is 42.5 Å². The number of nitrogens with one attached hydrogen (secondary N) is 1. The van der Waals surface area contributed by atoms with Crippen molar-refractivity contribution in [3.05, 3.63) is 30.2 Å². The second-order valence-electron chi connectivity index (χ2n) is 8.98. The van der Waals surface area contributed by atoms with Crippen LogP contribution < -0.4 is 5.32 Å². The Hall–Kier alpha value is -2.15. The molecule has 0 aliphatic heterocycles. The van der Waals surface area contributed by atoms with Gasteiger partial charge in [0.15, 0.2) is 5.82 Å². The second kappa shape index (κ2) is 4.57. The van der Waals surface area contributed by atoms with Gasteiger partial charge in [0.25, 0.3) is 5.91 Å². The molecule has 2 bridgehead atoms. The van der Waals surface area contributed by atoms with Gasteiger partial charge in [0, 0.05) is 25.5 Å². The van der Waals surface area contributed by atoms with E-state index >= 15 is 0 Å². The topological polar surface area (TPSA) is 85.0 Å². The summed E-state index contributed by atoms with van der Waals surface area (Å²) in [6.07, 6.45) is 10.2. The first-order valence-electron chi connectivity index (χ1n) is 9.54. The third-order valence-electron chi connectivity index (χ3n) is 7.68. The molecule has 6 rings (SSSR count). The van der Waals surface area contributed by atoms with E-state index in [0.717, 1.165) is 25.7 Å². The Morgan fingerprint density at radius 2 is 2.15 bits per heavy atom. The Balaban J connectivity index is 1.29. The normalized spacial score (nSPS) is 41.9. The molecule has 1 amide bonds. The summed E-state index contributed by atoms with van der Waals surface area (Å²) in [5.74, 6) is 2.28. The van der Waals surface area contributed by atoms with Crippen LogP contribution in [-0.4, -0.2) is 42.2 Å². The van der Waals surface area contributed by atoms with Crippen molar-refractivity contribution in [3.8, 4) is 5.82 Å². The molecule has 0 radical (unpaired) electrons. The number of nitrogens with zero attached hydrogens (tertiary/aromatic N) is 4. The van der Waals surface area contributed by atoms with E-state index < -0.39 is 5.60 Å². The summed E-state index contributed by atoms with van der Waals surface area (Å²) < 4.78 is 3.35. The lowest BCUT2D eigenvalue weighted by molar-refractivity contribution is -0.00128. The first kappa shape index (κ1) is 15.0. The van der Waals surface area contributed by atoms with E-state index in [4.69, 9.17) is 0 Å². The molecule has 0 saturated heterocycles. The van der Waals surface area contributed by atoms with Crippen LogP contribution in [0.4, 0.5) is 0 Å². The first-order valence-corrected chi connectivity index (χ1v) is 9.54. The molecule has 26 heavy (non-hydrogen) atoms. The number of hydrogen-bond donors (Lipinski definition) is 2. The van der Waals surface area contributed by atoms with E-state index in [1.54, 1.807) is 21.8 Å². The molecule has 4 aliphatic rings. The molecule has 7 nitrogen and oxygen atoms in total. The highest BCUT2D eigenvalue weighted by Crippen LogP contribution is 2.77. The molecule has 4 fully saturated rings. The minimum atomic E-state index is -0.474. The Labute approximate surface area is 151 Å². The Morgan fingerprint density at radius 3 is 2.96 bits per heavy atom. The standard InChI is InChI=1S/C19H23N5O2/c1-23-17(24-4-2-3-20-24)13(10-21-23)16(25)22-15-9-19-6-11(19)5-18(26)7-12(15)14(19)8-18/h2-4,10-12,14-15,26H,5-9H2,1H3,(H,22,25)/t11?,12?,14?,15-,18+,19?/m0/s1. The monoisotopic (exact) mass is 353 g/mol. The quantitative estimate of drug-likeness (QED) is 0.870. The average molecular weight is 353 g/mol. The lowest BCUT2D eigenvalue weighted by Crippen LogP contribution is -2.40. The van der Waals surface area contributed by atoms with Gasteiger partial charge < -0.3 is 10.4 Å². The molecule has 2 heterocycles. The van der Waals surface area contributed by atoms with Crippen LogP contribution >= 0.6 is 0 Å². The number of carbonyl (C=O) groups is 1. The van der Waals surface area contributed by atoms with Crippen molar-refractivity contribution in [2.75, 3.05) is 0 Å². The van der Waals surface area contributed by atoms with Crippen molar-refractivity contribution in [3.63, 3.8) is 0 Å². The number of hydrogen-bond acceptors (Lipinski definition) is 4. The predicted octanol–water partition coefficient (Wildman–Crippen LogP) is 1.28. The third kappa shape index (κ3) is 1.79. The smallest absolute Gasteiger partial charge is 0.256 e. The number of aromatic nitrogens is 4. The number of carbonyl (C=O) groups excluding carboxylic acids is 1. The summed E-state index contributed by atoms with van der Waals surface area (Å²) in [7, 11) is 1.82. The molecule has 4 saturated carbocycles. The molecular weight excluding hydrogens is 330 g/mol. The van der Waals surface area contributed by atoms with Gasteiger partial charge in [-0.2, -0.15) is 10.2 Å². The summed E-state index contributed by atoms with van der Waals surface area (Å²) in [4.78, 5) is 13.1. The highest BCUT2D eigenvalue weighted by Gasteiger charge is 2.74. The lowest BCUT2D eigenvalue weighted by atomic mass is 9.78. The Morgan fingerprint density at radius 1 is 1.27 bits per heavy atom. The fraction of sp³-hybridized carbons (Fsp3) is 0.632. The summed E-state index contributed by atoms with van der Waals surface area (Å²) in [5, 5.41) is 22.6. The largest absolute Gasteiger partial charge is 0.390 e. The van der Waals surface area contributed by atoms with Crippen molar-refractivity contribution in [2.24, 2.45) is 30.2 Å². The van der Waals surface area contributed by atoms with Crippen molar-refractivity contribution >= 4 is 5.91 Å². The molecule has 2 N–H and O–H groups in total. The average Bonchev–Trinajstić information content (AvgIpc) is 3.03. The molecule has 2 aromatic rings. The van der Waals surface area contributed by atoms with Crippen molar-refractivity contribution in [2.45, 2.75) is 43.7 Å². The minimum absolute atomic E-state index is 0.0855. The molecule has 136 valence electrons. The van der Waals surface area contributed by atoms with E-state index in [0.29, 0.717) is 34.6 Å². The van der Waals surface area contributed by atoms with Crippen LogP contribution in [0.3, 0.4) is 0 Å². The minimum Gasteiger partial charge on any atom is -0.390 e. The molecular formula is C19H23N5O2. The SMILES string of the molecule is Cn1ncc(C(=O)N[C@H]2CC34CC3C[C@@]3(O)CC2C4C3)c1-n1cccn1. The summed E-state index contributed by atoms with van der Waals surface area (Å²) in [5.41, 5.74) is 0.481. The maximum Gasteiger partial charge on any atom is 0.256 e. The van der Waals surface area contributed by atoms with Crippen LogP contribution in [0.5, 0.6) is 0 Å². The third-order valence-corrected chi connectivity index (χ3v) is 7.68. The summed E-state index contributed by atoms with van der Waals surface area (Å²) >= 11 is 0. The summed E-state index contributed by atoms with van der Waals surface area (Å²) in [6, 6.07) is 2.00. The number of rotatable bonds is 3. The van der Waals surface area contributed by atoms with Gasteiger partial charge in [0.2, 0.25) is 0 Å². The maximum absolute atomic E-state index is 13.1. The highest BCUT2D eigenvalue weighted by atomic mass is 16.3. The van der Waals surface area contributed by atoms with Crippen LogP contribution in [0, 0.1) is 23.2 Å². The van der Waals surface area contributed by atoms with Crippen molar-refractivity contribution < 1.29 is 9.90 Å². The van der Waals surface area contributed by atoms with E-state index in [9.17, 15) is 9.90 Å². The highest BCUT2D eigenvalue weighted by molar-refractivity contribution is 5.97. The van der Waals surface area contributed by atoms with E-state index in [-0.39, 0.29) is 11.9 Å². The predicted molar refractivity (Wildman–Crippen MR) is 92.5 cm³/mol. The van der Waals surface area contributed by atoms with Gasteiger partial charge in [0.1, 0.15) is 5.56 Å². The maximum atomic E-state index is 13.1.